The minimum Gasteiger partial charge on any atom is -0.307 e. The van der Waals surface area contributed by atoms with Gasteiger partial charge in [-0.05, 0) is 37.3 Å². The van der Waals surface area contributed by atoms with Crippen molar-refractivity contribution in [2.75, 3.05) is 0 Å². The van der Waals surface area contributed by atoms with Crippen molar-refractivity contribution in [2.45, 2.75) is 38.8 Å². The molecule has 1 fully saturated rings. The highest BCUT2D eigenvalue weighted by atomic mass is 79.9. The van der Waals surface area contributed by atoms with Gasteiger partial charge in [0, 0.05) is 16.6 Å². The van der Waals surface area contributed by atoms with Gasteiger partial charge in [0.05, 0.1) is 0 Å². The van der Waals surface area contributed by atoms with Gasteiger partial charge in [-0.2, -0.15) is 0 Å². The Hall–Kier alpha value is -0.340. The van der Waals surface area contributed by atoms with E-state index in [1.54, 1.807) is 0 Å². The molecule has 0 radical (unpaired) electrons. The van der Waals surface area contributed by atoms with Crippen molar-refractivity contribution in [2.24, 2.45) is 5.92 Å². The van der Waals surface area contributed by atoms with Crippen molar-refractivity contribution < 1.29 is 0 Å². The molecule has 2 rings (SSSR count). The molecule has 0 saturated heterocycles. The van der Waals surface area contributed by atoms with Gasteiger partial charge in [-0.15, -0.1) is 0 Å². The Kier molecular flexibility index (Phi) is 3.47. The molecule has 1 saturated carbocycles. The summed E-state index contributed by atoms with van der Waals surface area (Å²) < 4.78 is 1.21. The van der Waals surface area contributed by atoms with Crippen LogP contribution in [0.4, 0.5) is 0 Å². The zero-order valence-electron chi connectivity index (χ0n) is 9.33. The second kappa shape index (κ2) is 4.67. The van der Waals surface area contributed by atoms with Crippen LogP contribution in [-0.2, 0) is 0 Å². The van der Waals surface area contributed by atoms with Gasteiger partial charge in [-0.1, -0.05) is 41.1 Å². The number of halogens is 1. The summed E-state index contributed by atoms with van der Waals surface area (Å²) in [5.41, 5.74) is 1.36. The third-order valence-electron chi connectivity index (χ3n) is 3.23. The summed E-state index contributed by atoms with van der Waals surface area (Å²) in [5.74, 6) is 0.911. The lowest BCUT2D eigenvalue weighted by atomic mass is 9.81. The molecule has 82 valence electrons. The minimum absolute atomic E-state index is 0.443. The van der Waals surface area contributed by atoms with Crippen molar-refractivity contribution >= 4 is 15.9 Å². The maximum Gasteiger partial charge on any atom is 0.0305 e. The van der Waals surface area contributed by atoms with Crippen LogP contribution in [0.2, 0.25) is 0 Å². The maximum absolute atomic E-state index is 3.67. The molecule has 15 heavy (non-hydrogen) atoms. The van der Waals surface area contributed by atoms with Gasteiger partial charge in [0.15, 0.2) is 0 Å². The predicted molar refractivity (Wildman–Crippen MR) is 67.9 cm³/mol. The fourth-order valence-electron chi connectivity index (χ4n) is 2.31. The molecule has 0 aliphatic heterocycles. The Morgan fingerprint density at radius 2 is 2.00 bits per heavy atom. The number of benzene rings is 1. The number of hydrogen-bond donors (Lipinski definition) is 1. The molecule has 2 heteroatoms. The maximum atomic E-state index is 3.67. The quantitative estimate of drug-likeness (QED) is 0.876. The number of nitrogens with one attached hydrogen (secondary N) is 1. The van der Waals surface area contributed by atoms with E-state index in [0.29, 0.717) is 6.04 Å². The van der Waals surface area contributed by atoms with E-state index in [0.717, 1.165) is 12.0 Å². The van der Waals surface area contributed by atoms with Gasteiger partial charge >= 0.3 is 0 Å². The summed E-state index contributed by atoms with van der Waals surface area (Å²) in [6.45, 7) is 4.56. The van der Waals surface area contributed by atoms with Crippen molar-refractivity contribution in [3.8, 4) is 0 Å². The van der Waals surface area contributed by atoms with E-state index < -0.39 is 0 Å². The molecular weight excluding hydrogens is 250 g/mol. The van der Waals surface area contributed by atoms with Crippen molar-refractivity contribution in [3.63, 3.8) is 0 Å². The van der Waals surface area contributed by atoms with Crippen LogP contribution in [0.1, 0.15) is 38.3 Å². The Morgan fingerprint density at radius 3 is 2.60 bits per heavy atom. The van der Waals surface area contributed by atoms with E-state index in [2.05, 4.69) is 59.4 Å². The van der Waals surface area contributed by atoms with Crippen LogP contribution in [0.5, 0.6) is 0 Å². The van der Waals surface area contributed by atoms with Gasteiger partial charge in [0.25, 0.3) is 0 Å². The Bertz CT molecular complexity index is 331. The fraction of sp³-hybridized carbons (Fsp3) is 0.538. The van der Waals surface area contributed by atoms with E-state index in [1.165, 1.54) is 22.9 Å². The highest BCUT2D eigenvalue weighted by Crippen LogP contribution is 2.30. The first-order valence-corrected chi connectivity index (χ1v) is 6.46. The molecule has 0 unspecified atom stereocenters. The molecule has 1 atom stereocenters. The van der Waals surface area contributed by atoms with Crippen molar-refractivity contribution in [1.82, 2.24) is 5.32 Å². The molecule has 1 aromatic rings. The monoisotopic (exact) mass is 267 g/mol. The number of hydrogen-bond acceptors (Lipinski definition) is 1. The summed E-state index contributed by atoms with van der Waals surface area (Å²) in [6, 6.07) is 9.62. The summed E-state index contributed by atoms with van der Waals surface area (Å²) in [7, 11) is 0. The predicted octanol–water partition coefficient (Wildman–Crippen LogP) is 3.90. The first-order valence-electron chi connectivity index (χ1n) is 5.67. The zero-order valence-corrected chi connectivity index (χ0v) is 10.9. The van der Waals surface area contributed by atoms with Crippen molar-refractivity contribution in [3.05, 3.63) is 34.3 Å². The summed E-state index contributed by atoms with van der Waals surface area (Å²) in [4.78, 5) is 0. The molecule has 1 aliphatic rings. The highest BCUT2D eigenvalue weighted by Gasteiger charge is 2.26. The van der Waals surface area contributed by atoms with Crippen LogP contribution in [-0.4, -0.2) is 6.04 Å². The number of rotatable bonds is 3. The highest BCUT2D eigenvalue weighted by molar-refractivity contribution is 9.10. The largest absolute Gasteiger partial charge is 0.307 e. The third-order valence-corrected chi connectivity index (χ3v) is 3.95. The summed E-state index contributed by atoms with van der Waals surface area (Å²) in [6.07, 6.45) is 2.66. The van der Waals surface area contributed by atoms with Gasteiger partial charge in [0.2, 0.25) is 0 Å². The molecule has 1 aliphatic carbocycles. The molecule has 0 heterocycles. The first-order chi connectivity index (χ1) is 7.16. The topological polar surface area (TPSA) is 12.0 Å². The molecule has 1 aromatic carbocycles. The van der Waals surface area contributed by atoms with E-state index in [4.69, 9.17) is 0 Å². The molecule has 1 N–H and O–H groups in total. The SMILES string of the molecule is CC1CC(N[C@@H](C)c2ccccc2Br)C1. The molecular formula is C13H18BrN. The Morgan fingerprint density at radius 1 is 1.33 bits per heavy atom. The van der Waals surface area contributed by atoms with Crippen LogP contribution in [0, 0.1) is 5.92 Å². The van der Waals surface area contributed by atoms with E-state index >= 15 is 0 Å². The van der Waals surface area contributed by atoms with Crippen LogP contribution in [0.25, 0.3) is 0 Å². The van der Waals surface area contributed by atoms with Crippen LogP contribution >= 0.6 is 15.9 Å². The second-order valence-electron chi connectivity index (χ2n) is 4.68. The average Bonchev–Trinajstić information content (AvgIpc) is 2.16. The fourth-order valence-corrected chi connectivity index (χ4v) is 2.94. The first kappa shape index (κ1) is 11.2. The molecule has 0 aromatic heterocycles. The zero-order chi connectivity index (χ0) is 10.8. The van der Waals surface area contributed by atoms with E-state index in [-0.39, 0.29) is 0 Å². The normalized spacial score (nSPS) is 27.1. The van der Waals surface area contributed by atoms with E-state index in [9.17, 15) is 0 Å². The smallest absolute Gasteiger partial charge is 0.0305 e. The van der Waals surface area contributed by atoms with Crippen molar-refractivity contribution in [1.29, 1.82) is 0 Å². The van der Waals surface area contributed by atoms with Crippen LogP contribution in [0.3, 0.4) is 0 Å². The molecule has 0 spiro atoms. The lowest BCUT2D eigenvalue weighted by Crippen LogP contribution is -2.41. The Balaban J connectivity index is 1.96. The lowest BCUT2D eigenvalue weighted by molar-refractivity contribution is 0.226. The average molecular weight is 268 g/mol. The lowest BCUT2D eigenvalue weighted by Gasteiger charge is -2.36. The standard InChI is InChI=1S/C13H18BrN/c1-9-7-11(8-9)15-10(2)12-5-3-4-6-13(12)14/h3-6,9-11,15H,7-8H2,1-2H3/t9?,10-,11?/m0/s1. The van der Waals surface area contributed by atoms with Crippen LogP contribution in [0.15, 0.2) is 28.7 Å². The second-order valence-corrected chi connectivity index (χ2v) is 5.54. The minimum atomic E-state index is 0.443. The summed E-state index contributed by atoms with van der Waals surface area (Å²) in [5, 5.41) is 3.67. The van der Waals surface area contributed by atoms with Crippen LogP contribution < -0.4 is 5.32 Å². The van der Waals surface area contributed by atoms with Gasteiger partial charge in [-0.25, -0.2) is 0 Å². The summed E-state index contributed by atoms with van der Waals surface area (Å²) >= 11 is 3.60. The van der Waals surface area contributed by atoms with Gasteiger partial charge < -0.3 is 5.32 Å². The van der Waals surface area contributed by atoms with E-state index in [1.807, 2.05) is 0 Å². The third kappa shape index (κ3) is 2.61. The van der Waals surface area contributed by atoms with Gasteiger partial charge in [-0.3, -0.25) is 0 Å². The van der Waals surface area contributed by atoms with Gasteiger partial charge in [0.1, 0.15) is 0 Å². The molecule has 1 nitrogen and oxygen atoms in total. The molecule has 0 amide bonds. The Labute approximate surface area is 100 Å². The molecule has 0 bridgehead atoms.